The molecule has 0 unspecified atom stereocenters. The van der Waals surface area contributed by atoms with Crippen LogP contribution in [0.1, 0.15) is 22.8 Å². The molecule has 0 saturated heterocycles. The van der Waals surface area contributed by atoms with Crippen molar-refractivity contribution in [3.05, 3.63) is 77.9 Å². The van der Waals surface area contributed by atoms with Crippen LogP contribution >= 0.6 is 0 Å². The number of aryl methyl sites for hydroxylation is 1. The van der Waals surface area contributed by atoms with Gasteiger partial charge in [-0.2, -0.15) is 0 Å². The first-order chi connectivity index (χ1) is 12.6. The van der Waals surface area contributed by atoms with E-state index in [9.17, 15) is 9.18 Å². The minimum Gasteiger partial charge on any atom is -0.324 e. The summed E-state index contributed by atoms with van der Waals surface area (Å²) < 4.78 is 13.2. The number of carbonyl (C=O) groups excluding carboxylic acids is 1. The summed E-state index contributed by atoms with van der Waals surface area (Å²) in [6.07, 6.45) is 2.94. The molecule has 132 valence electrons. The van der Waals surface area contributed by atoms with Crippen molar-refractivity contribution in [3.8, 4) is 0 Å². The molecule has 26 heavy (non-hydrogen) atoms. The van der Waals surface area contributed by atoms with Gasteiger partial charge in [0.1, 0.15) is 5.82 Å². The SMILES string of the molecule is CCN(C(=O)c1cnc(Nc2cccc(F)c2)nc1)c1cccc(C)c1. The van der Waals surface area contributed by atoms with Gasteiger partial charge in [0.2, 0.25) is 5.95 Å². The lowest BCUT2D eigenvalue weighted by molar-refractivity contribution is 0.0987. The van der Waals surface area contributed by atoms with E-state index in [1.54, 1.807) is 17.0 Å². The second-order valence-corrected chi connectivity index (χ2v) is 5.82. The van der Waals surface area contributed by atoms with Gasteiger partial charge in [0.15, 0.2) is 0 Å². The molecule has 1 N–H and O–H groups in total. The third kappa shape index (κ3) is 4.03. The summed E-state index contributed by atoms with van der Waals surface area (Å²) in [7, 11) is 0. The van der Waals surface area contributed by atoms with E-state index in [1.807, 2.05) is 38.1 Å². The maximum atomic E-state index is 13.2. The third-order valence-corrected chi connectivity index (χ3v) is 3.85. The maximum Gasteiger partial charge on any atom is 0.261 e. The van der Waals surface area contributed by atoms with Crippen LogP contribution in [-0.4, -0.2) is 22.4 Å². The Morgan fingerprint density at radius 2 is 1.85 bits per heavy atom. The largest absolute Gasteiger partial charge is 0.324 e. The van der Waals surface area contributed by atoms with Crippen LogP contribution in [0.3, 0.4) is 0 Å². The minimum atomic E-state index is -0.349. The van der Waals surface area contributed by atoms with Crippen molar-refractivity contribution in [2.45, 2.75) is 13.8 Å². The molecule has 0 saturated carbocycles. The molecule has 0 aliphatic heterocycles. The molecule has 3 aromatic rings. The number of nitrogens with zero attached hydrogens (tertiary/aromatic N) is 3. The molecule has 0 spiro atoms. The first-order valence-corrected chi connectivity index (χ1v) is 8.30. The van der Waals surface area contributed by atoms with E-state index in [2.05, 4.69) is 15.3 Å². The Bertz CT molecular complexity index is 912. The second-order valence-electron chi connectivity index (χ2n) is 5.82. The van der Waals surface area contributed by atoms with Gasteiger partial charge in [-0.25, -0.2) is 14.4 Å². The van der Waals surface area contributed by atoms with E-state index >= 15 is 0 Å². The standard InChI is InChI=1S/C20H19FN4O/c1-3-25(18-9-4-6-14(2)10-18)19(26)15-12-22-20(23-13-15)24-17-8-5-7-16(21)11-17/h4-13H,3H2,1-2H3,(H,22,23,24). The first-order valence-electron chi connectivity index (χ1n) is 8.30. The average Bonchev–Trinajstić information content (AvgIpc) is 2.63. The molecule has 0 fully saturated rings. The molecule has 0 radical (unpaired) electrons. The Balaban J connectivity index is 1.77. The van der Waals surface area contributed by atoms with Crippen molar-refractivity contribution < 1.29 is 9.18 Å². The highest BCUT2D eigenvalue weighted by Gasteiger charge is 2.17. The number of benzene rings is 2. The highest BCUT2D eigenvalue weighted by molar-refractivity contribution is 6.05. The molecule has 0 aliphatic carbocycles. The van der Waals surface area contributed by atoms with E-state index in [-0.39, 0.29) is 11.7 Å². The quantitative estimate of drug-likeness (QED) is 0.744. The van der Waals surface area contributed by atoms with E-state index in [0.29, 0.717) is 23.7 Å². The van der Waals surface area contributed by atoms with Gasteiger partial charge in [-0.1, -0.05) is 18.2 Å². The summed E-state index contributed by atoms with van der Waals surface area (Å²) in [6, 6.07) is 13.8. The Morgan fingerprint density at radius 1 is 1.12 bits per heavy atom. The predicted octanol–water partition coefficient (Wildman–Crippen LogP) is 4.33. The zero-order chi connectivity index (χ0) is 18.5. The Hall–Kier alpha value is -3.28. The van der Waals surface area contributed by atoms with Gasteiger partial charge in [-0.15, -0.1) is 0 Å². The highest BCUT2D eigenvalue weighted by atomic mass is 19.1. The monoisotopic (exact) mass is 350 g/mol. The topological polar surface area (TPSA) is 58.1 Å². The van der Waals surface area contributed by atoms with Gasteiger partial charge in [-0.3, -0.25) is 4.79 Å². The molecule has 3 rings (SSSR count). The first kappa shape index (κ1) is 17.5. The Labute approximate surface area is 151 Å². The van der Waals surface area contributed by atoms with Crippen LogP contribution in [-0.2, 0) is 0 Å². The highest BCUT2D eigenvalue weighted by Crippen LogP contribution is 2.19. The molecule has 1 aromatic heterocycles. The summed E-state index contributed by atoms with van der Waals surface area (Å²) in [5.41, 5.74) is 2.84. The van der Waals surface area contributed by atoms with Crippen LogP contribution < -0.4 is 10.2 Å². The van der Waals surface area contributed by atoms with Crippen molar-refractivity contribution in [2.75, 3.05) is 16.8 Å². The zero-order valence-electron chi connectivity index (χ0n) is 14.6. The van der Waals surface area contributed by atoms with Crippen molar-refractivity contribution in [1.82, 2.24) is 9.97 Å². The lowest BCUT2D eigenvalue weighted by Gasteiger charge is -2.21. The van der Waals surface area contributed by atoms with Crippen LogP contribution in [0.4, 0.5) is 21.7 Å². The number of hydrogen-bond acceptors (Lipinski definition) is 4. The summed E-state index contributed by atoms with van der Waals surface area (Å²) in [4.78, 5) is 22.8. The summed E-state index contributed by atoms with van der Waals surface area (Å²) in [6.45, 7) is 4.43. The van der Waals surface area contributed by atoms with Gasteiger partial charge in [-0.05, 0) is 49.7 Å². The van der Waals surface area contributed by atoms with Gasteiger partial charge in [0.05, 0.1) is 5.56 Å². The molecule has 0 atom stereocenters. The number of hydrogen-bond donors (Lipinski definition) is 1. The van der Waals surface area contributed by atoms with Crippen LogP contribution in [0.2, 0.25) is 0 Å². The number of aromatic nitrogens is 2. The molecule has 0 bridgehead atoms. The fourth-order valence-electron chi connectivity index (χ4n) is 2.59. The van der Waals surface area contributed by atoms with E-state index in [4.69, 9.17) is 0 Å². The molecular formula is C20H19FN4O. The van der Waals surface area contributed by atoms with E-state index in [0.717, 1.165) is 11.3 Å². The van der Waals surface area contributed by atoms with Crippen LogP contribution in [0.15, 0.2) is 60.9 Å². The van der Waals surface area contributed by atoms with Gasteiger partial charge >= 0.3 is 0 Å². The van der Waals surface area contributed by atoms with Gasteiger partial charge < -0.3 is 10.2 Å². The smallest absolute Gasteiger partial charge is 0.261 e. The number of rotatable bonds is 5. The van der Waals surface area contributed by atoms with Crippen molar-refractivity contribution >= 4 is 23.2 Å². The maximum absolute atomic E-state index is 13.2. The van der Waals surface area contributed by atoms with Crippen molar-refractivity contribution in [1.29, 1.82) is 0 Å². The summed E-state index contributed by atoms with van der Waals surface area (Å²) in [5, 5.41) is 2.91. The summed E-state index contributed by atoms with van der Waals surface area (Å²) >= 11 is 0. The Kier molecular flexibility index (Phi) is 5.22. The van der Waals surface area contributed by atoms with Crippen molar-refractivity contribution in [3.63, 3.8) is 0 Å². The molecule has 5 nitrogen and oxygen atoms in total. The van der Waals surface area contributed by atoms with Crippen LogP contribution in [0.5, 0.6) is 0 Å². The minimum absolute atomic E-state index is 0.171. The van der Waals surface area contributed by atoms with Gasteiger partial charge in [0.25, 0.3) is 5.91 Å². The number of anilines is 3. The van der Waals surface area contributed by atoms with E-state index < -0.39 is 0 Å². The molecule has 0 aliphatic rings. The summed E-state index contributed by atoms with van der Waals surface area (Å²) in [5.74, 6) is -0.223. The van der Waals surface area contributed by atoms with Crippen LogP contribution in [0, 0.1) is 12.7 Å². The third-order valence-electron chi connectivity index (χ3n) is 3.85. The predicted molar refractivity (Wildman–Crippen MR) is 100 cm³/mol. The molecule has 6 heteroatoms. The van der Waals surface area contributed by atoms with Gasteiger partial charge in [0, 0.05) is 30.3 Å². The molecular weight excluding hydrogens is 331 g/mol. The van der Waals surface area contributed by atoms with Crippen molar-refractivity contribution in [2.24, 2.45) is 0 Å². The van der Waals surface area contributed by atoms with Crippen LogP contribution in [0.25, 0.3) is 0 Å². The van der Waals surface area contributed by atoms with E-state index in [1.165, 1.54) is 24.5 Å². The number of amides is 1. The Morgan fingerprint density at radius 3 is 2.50 bits per heavy atom. The fourth-order valence-corrected chi connectivity index (χ4v) is 2.59. The second kappa shape index (κ2) is 7.74. The number of nitrogens with one attached hydrogen (secondary N) is 1. The number of halogens is 1. The normalized spacial score (nSPS) is 10.4. The lowest BCUT2D eigenvalue weighted by atomic mass is 10.2. The zero-order valence-corrected chi connectivity index (χ0v) is 14.6. The fraction of sp³-hybridized carbons (Fsp3) is 0.150. The molecule has 2 aromatic carbocycles. The number of carbonyl (C=O) groups is 1. The molecule has 1 heterocycles. The average molecular weight is 350 g/mol. The lowest BCUT2D eigenvalue weighted by Crippen LogP contribution is -2.30. The molecule has 1 amide bonds.